The molecule has 0 radical (unpaired) electrons. The molecule has 1 saturated heterocycles. The van der Waals surface area contributed by atoms with Gasteiger partial charge in [0.2, 0.25) is 5.91 Å². The highest BCUT2D eigenvalue weighted by Gasteiger charge is 2.47. The fraction of sp³-hybridized carbons (Fsp3) is 0.579. The van der Waals surface area contributed by atoms with Crippen LogP contribution in [0, 0.1) is 23.5 Å². The molecule has 1 atom stereocenters. The number of nitrogens with one attached hydrogen (secondary N) is 1. The number of aliphatic carboxylic acids is 1. The van der Waals surface area contributed by atoms with Crippen molar-refractivity contribution in [2.24, 2.45) is 11.8 Å². The lowest BCUT2D eigenvalue weighted by Gasteiger charge is -2.41. The van der Waals surface area contributed by atoms with Gasteiger partial charge in [-0.1, -0.05) is 12.5 Å². The van der Waals surface area contributed by atoms with Crippen molar-refractivity contribution in [3.63, 3.8) is 0 Å². The lowest BCUT2D eigenvalue weighted by molar-refractivity contribution is -0.145. The first kappa shape index (κ1) is 18.8. The van der Waals surface area contributed by atoms with Crippen LogP contribution < -0.4 is 5.32 Å². The van der Waals surface area contributed by atoms with E-state index in [0.717, 1.165) is 18.6 Å². The minimum absolute atomic E-state index is 0.00337. The molecule has 1 aliphatic heterocycles. The summed E-state index contributed by atoms with van der Waals surface area (Å²) < 4.78 is 32.7. The summed E-state index contributed by atoms with van der Waals surface area (Å²) in [5.74, 6) is -3.51. The van der Waals surface area contributed by atoms with Crippen LogP contribution in [0.5, 0.6) is 0 Å². The first-order valence-corrected chi connectivity index (χ1v) is 8.98. The Kier molecular flexibility index (Phi) is 5.55. The second kappa shape index (κ2) is 7.70. The third-order valence-electron chi connectivity index (χ3n) is 5.72. The highest BCUT2D eigenvalue weighted by Crippen LogP contribution is 2.45. The van der Waals surface area contributed by atoms with Crippen LogP contribution in [-0.2, 0) is 19.7 Å². The molecule has 26 heavy (non-hydrogen) atoms. The lowest BCUT2D eigenvalue weighted by Crippen LogP contribution is -2.51. The van der Waals surface area contributed by atoms with Crippen molar-refractivity contribution in [3.8, 4) is 0 Å². The van der Waals surface area contributed by atoms with Crippen molar-refractivity contribution in [2.75, 3.05) is 19.8 Å². The van der Waals surface area contributed by atoms with Gasteiger partial charge in [0, 0.05) is 31.4 Å². The van der Waals surface area contributed by atoms with Gasteiger partial charge in [0.25, 0.3) is 0 Å². The first-order chi connectivity index (χ1) is 12.4. The van der Waals surface area contributed by atoms with Crippen molar-refractivity contribution in [3.05, 3.63) is 35.4 Å². The Labute approximate surface area is 150 Å². The van der Waals surface area contributed by atoms with Gasteiger partial charge in [-0.25, -0.2) is 8.78 Å². The molecule has 1 heterocycles. The third-order valence-corrected chi connectivity index (χ3v) is 5.72. The molecule has 3 rings (SSSR count). The Morgan fingerprint density at radius 3 is 2.50 bits per heavy atom. The molecular weight excluding hydrogens is 344 g/mol. The quantitative estimate of drug-likeness (QED) is 0.811. The predicted molar refractivity (Wildman–Crippen MR) is 89.6 cm³/mol. The van der Waals surface area contributed by atoms with E-state index in [1.165, 1.54) is 6.07 Å². The number of amides is 1. The zero-order chi connectivity index (χ0) is 18.7. The van der Waals surface area contributed by atoms with Crippen molar-refractivity contribution in [2.45, 2.75) is 37.5 Å². The molecule has 2 aliphatic rings. The Bertz CT molecular complexity index is 684. The van der Waals surface area contributed by atoms with E-state index in [4.69, 9.17) is 4.74 Å². The van der Waals surface area contributed by atoms with E-state index in [0.29, 0.717) is 38.9 Å². The van der Waals surface area contributed by atoms with Crippen molar-refractivity contribution >= 4 is 11.9 Å². The summed E-state index contributed by atoms with van der Waals surface area (Å²) in [5.41, 5.74) is -0.850. The molecule has 142 valence electrons. The summed E-state index contributed by atoms with van der Waals surface area (Å²) in [6.45, 7) is 1.05. The van der Waals surface area contributed by atoms with Gasteiger partial charge in [0.1, 0.15) is 11.6 Å². The maximum atomic E-state index is 14.2. The van der Waals surface area contributed by atoms with Crippen LogP contribution >= 0.6 is 0 Å². The van der Waals surface area contributed by atoms with E-state index in [1.54, 1.807) is 0 Å². The van der Waals surface area contributed by atoms with Crippen LogP contribution in [0.2, 0.25) is 0 Å². The van der Waals surface area contributed by atoms with E-state index < -0.39 is 28.9 Å². The van der Waals surface area contributed by atoms with Crippen LogP contribution in [0.1, 0.15) is 37.7 Å². The Hall–Kier alpha value is -2.02. The van der Waals surface area contributed by atoms with Gasteiger partial charge >= 0.3 is 5.97 Å². The zero-order valence-corrected chi connectivity index (χ0v) is 14.5. The van der Waals surface area contributed by atoms with Crippen LogP contribution in [0.3, 0.4) is 0 Å². The molecule has 1 aromatic rings. The second-order valence-corrected chi connectivity index (χ2v) is 7.16. The maximum absolute atomic E-state index is 14.2. The number of carboxylic acid groups (broad SMARTS) is 1. The summed E-state index contributed by atoms with van der Waals surface area (Å²) in [7, 11) is 0. The van der Waals surface area contributed by atoms with Crippen molar-refractivity contribution < 1.29 is 28.2 Å². The smallest absolute Gasteiger partial charge is 0.308 e. The van der Waals surface area contributed by atoms with Crippen LogP contribution in [-0.4, -0.2) is 36.7 Å². The van der Waals surface area contributed by atoms with Crippen molar-refractivity contribution in [1.29, 1.82) is 0 Å². The Morgan fingerprint density at radius 2 is 1.96 bits per heavy atom. The van der Waals surface area contributed by atoms with E-state index in [1.807, 2.05) is 0 Å². The molecule has 1 saturated carbocycles. The number of hydrogen-bond donors (Lipinski definition) is 2. The van der Waals surface area contributed by atoms with Crippen molar-refractivity contribution in [1.82, 2.24) is 5.32 Å². The molecular formula is C19H23F2NO4. The van der Waals surface area contributed by atoms with Crippen LogP contribution in [0.25, 0.3) is 0 Å². The Balaban J connectivity index is 1.71. The number of carboxylic acids is 1. The number of carbonyl (C=O) groups excluding carboxylic acids is 1. The second-order valence-electron chi connectivity index (χ2n) is 7.16. The third kappa shape index (κ3) is 3.58. The van der Waals surface area contributed by atoms with Gasteiger partial charge in [-0.2, -0.15) is 0 Å². The molecule has 0 spiro atoms. The minimum Gasteiger partial charge on any atom is -0.481 e. The maximum Gasteiger partial charge on any atom is 0.308 e. The molecule has 2 fully saturated rings. The average molecular weight is 367 g/mol. The predicted octanol–water partition coefficient (Wildman–Crippen LogP) is 2.63. The Morgan fingerprint density at radius 1 is 1.27 bits per heavy atom. The summed E-state index contributed by atoms with van der Waals surface area (Å²) in [4.78, 5) is 24.4. The monoisotopic (exact) mass is 367 g/mol. The molecule has 2 N–H and O–H groups in total. The summed E-state index contributed by atoms with van der Waals surface area (Å²) in [6, 6.07) is 3.25. The number of hydrogen-bond acceptors (Lipinski definition) is 3. The lowest BCUT2D eigenvalue weighted by atomic mass is 9.63. The minimum atomic E-state index is -1.03. The first-order valence-electron chi connectivity index (χ1n) is 8.98. The molecule has 1 unspecified atom stereocenters. The molecule has 0 bridgehead atoms. The van der Waals surface area contributed by atoms with Gasteiger partial charge in [-0.15, -0.1) is 0 Å². The van der Waals surface area contributed by atoms with Gasteiger partial charge < -0.3 is 15.2 Å². The van der Waals surface area contributed by atoms with E-state index in [9.17, 15) is 23.5 Å². The standard InChI is InChI=1S/C19H23F2NO4/c20-13-2-3-15(16(21)10-13)19(6-1-7-19)18(25)22-11-14(17(23)24)12-4-8-26-9-5-12/h2-3,10,12,14H,1,4-9,11H2,(H,22,25)(H,23,24). The number of benzene rings is 1. The fourth-order valence-electron chi connectivity index (χ4n) is 3.97. The highest BCUT2D eigenvalue weighted by atomic mass is 19.1. The topological polar surface area (TPSA) is 75.6 Å². The molecule has 0 aromatic heterocycles. The summed E-state index contributed by atoms with van der Waals surface area (Å²) in [5, 5.41) is 12.2. The molecule has 7 heteroatoms. The fourth-order valence-corrected chi connectivity index (χ4v) is 3.97. The highest BCUT2D eigenvalue weighted by molar-refractivity contribution is 5.89. The number of carbonyl (C=O) groups is 2. The SMILES string of the molecule is O=C(O)C(CNC(=O)C1(c2ccc(F)cc2F)CCC1)C1CCOCC1. The number of halogens is 2. The van der Waals surface area contributed by atoms with Gasteiger partial charge in [-0.3, -0.25) is 9.59 Å². The van der Waals surface area contributed by atoms with Crippen LogP contribution in [0.15, 0.2) is 18.2 Å². The molecule has 1 aromatic carbocycles. The molecule has 1 amide bonds. The van der Waals surface area contributed by atoms with E-state index >= 15 is 0 Å². The molecule has 1 aliphatic carbocycles. The normalized spacial score (nSPS) is 20.8. The van der Waals surface area contributed by atoms with Crippen LogP contribution in [0.4, 0.5) is 8.78 Å². The number of rotatable bonds is 6. The van der Waals surface area contributed by atoms with Gasteiger partial charge in [0.15, 0.2) is 0 Å². The molecule has 5 nitrogen and oxygen atoms in total. The summed E-state index contributed by atoms with van der Waals surface area (Å²) >= 11 is 0. The van der Waals surface area contributed by atoms with E-state index in [2.05, 4.69) is 5.32 Å². The largest absolute Gasteiger partial charge is 0.481 e. The van der Waals surface area contributed by atoms with Gasteiger partial charge in [0.05, 0.1) is 11.3 Å². The average Bonchev–Trinajstić information content (AvgIpc) is 2.56. The van der Waals surface area contributed by atoms with E-state index in [-0.39, 0.29) is 23.9 Å². The summed E-state index contributed by atoms with van der Waals surface area (Å²) in [6.07, 6.45) is 2.99. The zero-order valence-electron chi connectivity index (χ0n) is 14.5. The van der Waals surface area contributed by atoms with Gasteiger partial charge in [-0.05, 0) is 37.7 Å². The number of ether oxygens (including phenoxy) is 1.